The summed E-state index contributed by atoms with van der Waals surface area (Å²) >= 11 is 0. The Labute approximate surface area is 171 Å². The second kappa shape index (κ2) is 11.4. The molecule has 0 aromatic heterocycles. The van der Waals surface area contributed by atoms with Gasteiger partial charge in [-0.2, -0.15) is 0 Å². The highest BCUT2D eigenvalue weighted by molar-refractivity contribution is 5.80. The molecule has 28 heavy (non-hydrogen) atoms. The molecule has 0 spiro atoms. The van der Waals surface area contributed by atoms with Crippen molar-refractivity contribution in [1.29, 1.82) is 0 Å². The van der Waals surface area contributed by atoms with Crippen LogP contribution in [0.2, 0.25) is 0 Å². The van der Waals surface area contributed by atoms with Gasteiger partial charge in [0.1, 0.15) is 0 Å². The third-order valence-corrected chi connectivity index (χ3v) is 5.38. The molecule has 1 aromatic carbocycles. The first-order valence-corrected chi connectivity index (χ1v) is 10.7. The fourth-order valence-electron chi connectivity index (χ4n) is 3.48. The molecule has 1 aliphatic heterocycles. The molecule has 5 heteroatoms. The van der Waals surface area contributed by atoms with Gasteiger partial charge in [0.25, 0.3) is 0 Å². The molecular weight excluding hydrogens is 350 g/mol. The first-order chi connectivity index (χ1) is 13.5. The second-order valence-corrected chi connectivity index (χ2v) is 8.32. The Morgan fingerprint density at radius 3 is 2.46 bits per heavy atom. The maximum atomic E-state index is 5.99. The lowest BCUT2D eigenvalue weighted by molar-refractivity contribution is 0.00989. The van der Waals surface area contributed by atoms with Gasteiger partial charge in [0.2, 0.25) is 0 Å². The smallest absolute Gasteiger partial charge is 0.193 e. The van der Waals surface area contributed by atoms with Crippen molar-refractivity contribution < 1.29 is 9.47 Å². The lowest BCUT2D eigenvalue weighted by Crippen LogP contribution is -2.47. The minimum atomic E-state index is 0.0111. The van der Waals surface area contributed by atoms with Gasteiger partial charge >= 0.3 is 0 Å². The number of hydrogen-bond acceptors (Lipinski definition) is 3. The second-order valence-electron chi connectivity index (χ2n) is 8.32. The maximum Gasteiger partial charge on any atom is 0.193 e. The van der Waals surface area contributed by atoms with Gasteiger partial charge in [-0.15, -0.1) is 0 Å². The van der Waals surface area contributed by atoms with Crippen LogP contribution in [0.15, 0.2) is 29.3 Å². The normalized spacial score (nSPS) is 16.5. The topological polar surface area (TPSA) is 46.1 Å². The molecule has 1 aliphatic rings. The number of guanidine groups is 1. The van der Waals surface area contributed by atoms with E-state index in [2.05, 4.69) is 62.2 Å². The quantitative estimate of drug-likeness (QED) is 0.397. The van der Waals surface area contributed by atoms with Gasteiger partial charge in [0.15, 0.2) is 5.96 Å². The van der Waals surface area contributed by atoms with Crippen LogP contribution >= 0.6 is 0 Å². The molecule has 158 valence electrons. The van der Waals surface area contributed by atoms with Crippen LogP contribution < -0.4 is 5.32 Å². The van der Waals surface area contributed by atoms with Crippen LogP contribution in [0, 0.1) is 6.92 Å². The highest BCUT2D eigenvalue weighted by Crippen LogP contribution is 2.24. The van der Waals surface area contributed by atoms with E-state index >= 15 is 0 Å². The van der Waals surface area contributed by atoms with Gasteiger partial charge in [-0.3, -0.25) is 4.99 Å². The van der Waals surface area contributed by atoms with Crippen LogP contribution in [-0.4, -0.2) is 63.5 Å². The Kier molecular flexibility index (Phi) is 9.26. The number of aliphatic imine (C=N–C) groups is 1. The van der Waals surface area contributed by atoms with Crippen molar-refractivity contribution in [2.45, 2.75) is 58.5 Å². The molecular formula is C23H39N3O2. The zero-order chi connectivity index (χ0) is 20.4. The highest BCUT2D eigenvalue weighted by Gasteiger charge is 2.24. The molecule has 1 N–H and O–H groups in total. The third-order valence-electron chi connectivity index (χ3n) is 5.38. The Morgan fingerprint density at radius 2 is 1.86 bits per heavy atom. The summed E-state index contributed by atoms with van der Waals surface area (Å²) in [5.41, 5.74) is 2.64. The molecule has 1 heterocycles. The summed E-state index contributed by atoms with van der Waals surface area (Å²) in [5.74, 6) is 1.03. The lowest BCUT2D eigenvalue weighted by Gasteiger charge is -2.35. The number of benzene rings is 1. The molecule has 1 aromatic rings. The first kappa shape index (κ1) is 22.7. The number of methoxy groups -OCH3 is 1. The molecule has 5 nitrogen and oxygen atoms in total. The van der Waals surface area contributed by atoms with E-state index < -0.39 is 0 Å². The van der Waals surface area contributed by atoms with E-state index in [1.807, 2.05) is 0 Å². The number of piperidine rings is 1. The number of nitrogens with zero attached hydrogens (tertiary/aromatic N) is 2. The number of hydrogen-bond donors (Lipinski definition) is 1. The van der Waals surface area contributed by atoms with Crippen LogP contribution in [0.3, 0.4) is 0 Å². The van der Waals surface area contributed by atoms with Gasteiger partial charge in [0.05, 0.1) is 12.6 Å². The third kappa shape index (κ3) is 7.10. The average molecular weight is 390 g/mol. The summed E-state index contributed by atoms with van der Waals surface area (Å²) in [5, 5.41) is 3.48. The number of aryl methyl sites for hydroxylation is 1. The van der Waals surface area contributed by atoms with Gasteiger partial charge < -0.3 is 19.7 Å². The van der Waals surface area contributed by atoms with Gasteiger partial charge in [-0.1, -0.05) is 43.7 Å². The van der Waals surface area contributed by atoms with E-state index in [9.17, 15) is 0 Å². The van der Waals surface area contributed by atoms with E-state index in [1.165, 1.54) is 11.1 Å². The summed E-state index contributed by atoms with van der Waals surface area (Å²) in [4.78, 5) is 7.37. The fraction of sp³-hybridized carbons (Fsp3) is 0.696. The van der Waals surface area contributed by atoms with Crippen molar-refractivity contribution in [1.82, 2.24) is 10.2 Å². The Bertz CT molecular complexity index is 590. The monoisotopic (exact) mass is 389 g/mol. The van der Waals surface area contributed by atoms with Crippen molar-refractivity contribution in [2.24, 2.45) is 4.99 Å². The molecule has 0 aliphatic carbocycles. The Balaban J connectivity index is 1.91. The lowest BCUT2D eigenvalue weighted by atomic mass is 9.84. The Morgan fingerprint density at radius 1 is 1.18 bits per heavy atom. The molecule has 1 saturated heterocycles. The van der Waals surface area contributed by atoms with Crippen LogP contribution in [0.4, 0.5) is 0 Å². The number of nitrogens with one attached hydrogen (secondary N) is 1. The summed E-state index contributed by atoms with van der Waals surface area (Å²) in [6.07, 6.45) is 3.44. The largest absolute Gasteiger partial charge is 0.385 e. The van der Waals surface area contributed by atoms with Crippen molar-refractivity contribution in [3.63, 3.8) is 0 Å². The predicted molar refractivity (Wildman–Crippen MR) is 117 cm³/mol. The predicted octanol–water partition coefficient (Wildman–Crippen LogP) is 3.76. The molecule has 0 radical (unpaired) electrons. The molecule has 0 amide bonds. The van der Waals surface area contributed by atoms with E-state index in [0.29, 0.717) is 6.10 Å². The van der Waals surface area contributed by atoms with Crippen molar-refractivity contribution in [3.8, 4) is 0 Å². The summed E-state index contributed by atoms with van der Waals surface area (Å²) < 4.78 is 11.1. The standard InChI is InChI=1S/C23H39N3O2/c1-6-24-22(25-18-23(3,4)20-10-8-19(2)9-11-20)26-14-12-21(13-15-26)28-17-7-16-27-5/h8-11,21H,6-7,12-18H2,1-5H3,(H,24,25). The average Bonchev–Trinajstić information content (AvgIpc) is 2.69. The summed E-state index contributed by atoms with van der Waals surface area (Å²) in [7, 11) is 1.74. The minimum absolute atomic E-state index is 0.0111. The fourth-order valence-corrected chi connectivity index (χ4v) is 3.48. The van der Waals surface area contributed by atoms with E-state index in [-0.39, 0.29) is 5.41 Å². The van der Waals surface area contributed by atoms with Crippen molar-refractivity contribution in [2.75, 3.05) is 46.5 Å². The number of likely N-dealkylation sites (tertiary alicyclic amines) is 1. The van der Waals surface area contributed by atoms with Crippen LogP contribution in [-0.2, 0) is 14.9 Å². The van der Waals surface area contributed by atoms with Crippen LogP contribution in [0.1, 0.15) is 51.2 Å². The van der Waals surface area contributed by atoms with E-state index in [0.717, 1.165) is 64.6 Å². The van der Waals surface area contributed by atoms with Crippen LogP contribution in [0.25, 0.3) is 0 Å². The highest BCUT2D eigenvalue weighted by atomic mass is 16.5. The molecule has 1 fully saturated rings. The summed E-state index contributed by atoms with van der Waals surface area (Å²) in [6.45, 7) is 14.0. The van der Waals surface area contributed by atoms with E-state index in [1.54, 1.807) is 7.11 Å². The molecule has 2 rings (SSSR count). The SMILES string of the molecule is CCNC(=NCC(C)(C)c1ccc(C)cc1)N1CCC(OCCCOC)CC1. The maximum absolute atomic E-state index is 5.99. The number of ether oxygens (including phenoxy) is 2. The summed E-state index contributed by atoms with van der Waals surface area (Å²) in [6, 6.07) is 8.82. The zero-order valence-electron chi connectivity index (χ0n) is 18.5. The van der Waals surface area contributed by atoms with Crippen LogP contribution in [0.5, 0.6) is 0 Å². The van der Waals surface area contributed by atoms with Crippen molar-refractivity contribution >= 4 is 5.96 Å². The number of rotatable bonds is 9. The molecule has 0 atom stereocenters. The zero-order valence-corrected chi connectivity index (χ0v) is 18.5. The van der Waals surface area contributed by atoms with Gasteiger partial charge in [0, 0.05) is 45.4 Å². The van der Waals surface area contributed by atoms with Crippen molar-refractivity contribution in [3.05, 3.63) is 35.4 Å². The van der Waals surface area contributed by atoms with E-state index in [4.69, 9.17) is 14.5 Å². The van der Waals surface area contributed by atoms with Gasteiger partial charge in [-0.25, -0.2) is 0 Å². The molecule has 0 saturated carbocycles. The first-order valence-electron chi connectivity index (χ1n) is 10.7. The molecule has 0 unspecified atom stereocenters. The van der Waals surface area contributed by atoms with Gasteiger partial charge in [-0.05, 0) is 38.7 Å². The Hall–Kier alpha value is -1.59. The molecule has 0 bridgehead atoms. The minimum Gasteiger partial charge on any atom is -0.385 e.